The van der Waals surface area contributed by atoms with Gasteiger partial charge in [0.1, 0.15) is 0 Å². The molecule has 0 atom stereocenters. The average Bonchev–Trinajstić information content (AvgIpc) is 2.89. The van der Waals surface area contributed by atoms with E-state index in [9.17, 15) is 0 Å². The molecule has 0 radical (unpaired) electrons. The summed E-state index contributed by atoms with van der Waals surface area (Å²) < 4.78 is 1.99. The maximum Gasteiger partial charge on any atom is 0.0991 e. The van der Waals surface area contributed by atoms with Gasteiger partial charge in [-0.15, -0.1) is 0 Å². The highest BCUT2D eigenvalue weighted by Crippen LogP contribution is 2.15. The first-order chi connectivity index (χ1) is 8.40. The quantitative estimate of drug-likeness (QED) is 0.798. The Morgan fingerprint density at radius 1 is 1.24 bits per heavy atom. The third kappa shape index (κ3) is 3.61. The first-order valence-corrected chi connectivity index (χ1v) is 6.81. The van der Waals surface area contributed by atoms with Crippen molar-refractivity contribution in [2.24, 2.45) is 0 Å². The summed E-state index contributed by atoms with van der Waals surface area (Å²) in [6.45, 7) is 0.284. The normalized spacial score (nSPS) is 10.6. The van der Waals surface area contributed by atoms with Crippen molar-refractivity contribution >= 4 is 11.8 Å². The van der Waals surface area contributed by atoms with E-state index in [0.29, 0.717) is 0 Å². The Bertz CT molecular complexity index is 425. The molecule has 1 aromatic heterocycles. The maximum atomic E-state index is 8.68. The molecule has 0 aliphatic heterocycles. The van der Waals surface area contributed by atoms with Crippen molar-refractivity contribution in [3.63, 3.8) is 0 Å². The van der Waals surface area contributed by atoms with Gasteiger partial charge in [0.15, 0.2) is 0 Å². The maximum absolute atomic E-state index is 8.68. The zero-order valence-electron chi connectivity index (χ0n) is 9.62. The Kier molecular flexibility index (Phi) is 4.64. The van der Waals surface area contributed by atoms with Crippen LogP contribution in [-0.2, 0) is 5.75 Å². The minimum atomic E-state index is 0.284. The minimum Gasteiger partial charge on any atom is -0.396 e. The predicted octanol–water partition coefficient (Wildman–Crippen LogP) is 2.49. The van der Waals surface area contributed by atoms with Gasteiger partial charge in [-0.25, -0.2) is 4.98 Å². The molecule has 4 heteroatoms. The van der Waals surface area contributed by atoms with Gasteiger partial charge >= 0.3 is 0 Å². The van der Waals surface area contributed by atoms with E-state index in [1.165, 1.54) is 5.56 Å². The van der Waals surface area contributed by atoms with Gasteiger partial charge in [0.05, 0.1) is 6.33 Å². The Balaban J connectivity index is 1.90. The lowest BCUT2D eigenvalue weighted by Gasteiger charge is -2.04. The molecule has 0 unspecified atom stereocenters. The predicted molar refractivity (Wildman–Crippen MR) is 71.4 cm³/mol. The highest BCUT2D eigenvalue weighted by atomic mass is 32.2. The fourth-order valence-corrected chi connectivity index (χ4v) is 2.44. The van der Waals surface area contributed by atoms with Crippen LogP contribution in [0.2, 0.25) is 0 Å². The van der Waals surface area contributed by atoms with E-state index in [1.54, 1.807) is 12.5 Å². The van der Waals surface area contributed by atoms with Gasteiger partial charge in [-0.05, 0) is 29.9 Å². The van der Waals surface area contributed by atoms with Gasteiger partial charge in [-0.3, -0.25) is 0 Å². The standard InChI is InChI=1S/C13H16N2OS/c16-8-1-9-17-10-12-2-4-13(5-3-12)15-7-6-14-11-15/h2-7,11,16H,1,8-10H2. The number of rotatable bonds is 6. The van der Waals surface area contributed by atoms with Crippen LogP contribution in [0.4, 0.5) is 0 Å². The summed E-state index contributed by atoms with van der Waals surface area (Å²) in [7, 11) is 0. The van der Waals surface area contributed by atoms with Crippen molar-refractivity contribution in [2.75, 3.05) is 12.4 Å². The monoisotopic (exact) mass is 248 g/mol. The zero-order chi connectivity index (χ0) is 11.9. The summed E-state index contributed by atoms with van der Waals surface area (Å²) in [5, 5.41) is 8.68. The number of aromatic nitrogens is 2. The molecule has 0 saturated carbocycles. The molecule has 1 aromatic carbocycles. The van der Waals surface area contributed by atoms with Crippen molar-refractivity contribution in [3.05, 3.63) is 48.5 Å². The summed E-state index contributed by atoms with van der Waals surface area (Å²) in [4.78, 5) is 4.03. The summed E-state index contributed by atoms with van der Waals surface area (Å²) >= 11 is 1.86. The Hall–Kier alpha value is -1.26. The number of hydrogen-bond donors (Lipinski definition) is 1. The van der Waals surface area contributed by atoms with E-state index >= 15 is 0 Å². The highest BCUT2D eigenvalue weighted by molar-refractivity contribution is 7.98. The fraction of sp³-hybridized carbons (Fsp3) is 0.308. The summed E-state index contributed by atoms with van der Waals surface area (Å²) in [6, 6.07) is 8.48. The Morgan fingerprint density at radius 2 is 2.06 bits per heavy atom. The van der Waals surface area contributed by atoms with Crippen LogP contribution in [-0.4, -0.2) is 27.0 Å². The number of hydrogen-bond acceptors (Lipinski definition) is 3. The number of thioether (sulfide) groups is 1. The zero-order valence-corrected chi connectivity index (χ0v) is 10.4. The number of aliphatic hydroxyl groups excluding tert-OH is 1. The summed E-state index contributed by atoms with van der Waals surface area (Å²) in [5.74, 6) is 2.02. The van der Waals surface area contributed by atoms with Gasteiger partial charge in [-0.1, -0.05) is 12.1 Å². The fourth-order valence-electron chi connectivity index (χ4n) is 1.53. The van der Waals surface area contributed by atoms with Gasteiger partial charge in [0.2, 0.25) is 0 Å². The molecule has 3 nitrogen and oxygen atoms in total. The molecule has 0 aliphatic carbocycles. The van der Waals surface area contributed by atoms with Gasteiger partial charge in [0.25, 0.3) is 0 Å². The van der Waals surface area contributed by atoms with Crippen LogP contribution in [0.1, 0.15) is 12.0 Å². The third-order valence-corrected chi connectivity index (χ3v) is 3.57. The third-order valence-electron chi connectivity index (χ3n) is 2.45. The molecule has 2 aromatic rings. The molecular weight excluding hydrogens is 232 g/mol. The van der Waals surface area contributed by atoms with Crippen molar-refractivity contribution in [1.82, 2.24) is 9.55 Å². The van der Waals surface area contributed by atoms with Crippen molar-refractivity contribution < 1.29 is 5.11 Å². The van der Waals surface area contributed by atoms with Crippen LogP contribution in [0.5, 0.6) is 0 Å². The van der Waals surface area contributed by atoms with Crippen LogP contribution in [0, 0.1) is 0 Å². The number of benzene rings is 1. The largest absolute Gasteiger partial charge is 0.396 e. The molecular formula is C13H16N2OS. The smallest absolute Gasteiger partial charge is 0.0991 e. The van der Waals surface area contributed by atoms with E-state index in [1.807, 2.05) is 22.5 Å². The van der Waals surface area contributed by atoms with Crippen LogP contribution in [0.25, 0.3) is 5.69 Å². The molecule has 0 saturated heterocycles. The molecule has 17 heavy (non-hydrogen) atoms. The lowest BCUT2D eigenvalue weighted by Crippen LogP contribution is -1.91. The SMILES string of the molecule is OCCCSCc1ccc(-n2ccnc2)cc1. The van der Waals surface area contributed by atoms with Gasteiger partial charge < -0.3 is 9.67 Å². The van der Waals surface area contributed by atoms with Crippen LogP contribution in [0.3, 0.4) is 0 Å². The molecule has 1 N–H and O–H groups in total. The van der Waals surface area contributed by atoms with E-state index < -0.39 is 0 Å². The van der Waals surface area contributed by atoms with Crippen molar-refractivity contribution in [3.8, 4) is 5.69 Å². The lowest BCUT2D eigenvalue weighted by molar-refractivity contribution is 0.296. The van der Waals surface area contributed by atoms with E-state index in [-0.39, 0.29) is 6.61 Å². The first-order valence-electron chi connectivity index (χ1n) is 5.66. The van der Waals surface area contributed by atoms with Gasteiger partial charge in [0, 0.05) is 30.4 Å². The number of nitrogens with zero attached hydrogens (tertiary/aromatic N) is 2. The molecule has 0 spiro atoms. The van der Waals surface area contributed by atoms with E-state index in [2.05, 4.69) is 29.2 Å². The Labute approximate surface area is 106 Å². The molecule has 2 rings (SSSR count). The lowest BCUT2D eigenvalue weighted by atomic mass is 10.2. The molecule has 0 bridgehead atoms. The van der Waals surface area contributed by atoms with Crippen molar-refractivity contribution in [1.29, 1.82) is 0 Å². The van der Waals surface area contributed by atoms with Crippen LogP contribution < -0.4 is 0 Å². The molecule has 1 heterocycles. The molecule has 0 aliphatic rings. The molecule has 0 amide bonds. The average molecular weight is 248 g/mol. The number of aliphatic hydroxyl groups is 1. The van der Waals surface area contributed by atoms with E-state index in [0.717, 1.165) is 23.6 Å². The molecule has 0 fully saturated rings. The molecule has 90 valence electrons. The second-order valence-corrected chi connectivity index (χ2v) is 4.87. The van der Waals surface area contributed by atoms with Crippen LogP contribution in [0.15, 0.2) is 43.0 Å². The van der Waals surface area contributed by atoms with Crippen molar-refractivity contribution in [2.45, 2.75) is 12.2 Å². The summed E-state index contributed by atoms with van der Waals surface area (Å²) in [6.07, 6.45) is 6.38. The van der Waals surface area contributed by atoms with Gasteiger partial charge in [-0.2, -0.15) is 11.8 Å². The van der Waals surface area contributed by atoms with Crippen LogP contribution >= 0.6 is 11.8 Å². The Morgan fingerprint density at radius 3 is 2.71 bits per heavy atom. The highest BCUT2D eigenvalue weighted by Gasteiger charge is 1.97. The van der Waals surface area contributed by atoms with E-state index in [4.69, 9.17) is 5.11 Å². The summed E-state index contributed by atoms with van der Waals surface area (Å²) in [5.41, 5.74) is 2.45. The second-order valence-electron chi connectivity index (χ2n) is 3.77. The number of imidazole rings is 1. The first kappa shape index (κ1) is 12.2. The topological polar surface area (TPSA) is 38.0 Å². The second kappa shape index (κ2) is 6.47. The minimum absolute atomic E-state index is 0.284.